The molecule has 1 aliphatic carbocycles. The second-order valence-corrected chi connectivity index (χ2v) is 9.41. The van der Waals surface area contributed by atoms with Crippen molar-refractivity contribution < 1.29 is 9.59 Å². The van der Waals surface area contributed by atoms with Crippen LogP contribution in [-0.4, -0.2) is 32.9 Å². The fraction of sp³-hybridized carbons (Fsp3) is 0.391. The molecule has 1 saturated carbocycles. The Bertz CT molecular complexity index is 1070. The van der Waals surface area contributed by atoms with E-state index in [0.717, 1.165) is 41.5 Å². The van der Waals surface area contributed by atoms with Crippen LogP contribution in [0.2, 0.25) is 0 Å². The first-order valence-corrected chi connectivity index (χ1v) is 11.2. The van der Waals surface area contributed by atoms with E-state index in [0.29, 0.717) is 18.8 Å². The van der Waals surface area contributed by atoms with Crippen LogP contribution in [0, 0.1) is 0 Å². The second kappa shape index (κ2) is 7.02. The number of benzene rings is 1. The topological polar surface area (TPSA) is 54.3 Å². The van der Waals surface area contributed by atoms with Gasteiger partial charge < -0.3 is 14.8 Å². The molecule has 5 rings (SSSR count). The van der Waals surface area contributed by atoms with Crippen molar-refractivity contribution in [2.75, 3.05) is 0 Å². The first-order chi connectivity index (χ1) is 14.1. The lowest BCUT2D eigenvalue weighted by atomic mass is 9.94. The van der Waals surface area contributed by atoms with Gasteiger partial charge in [0.2, 0.25) is 5.91 Å². The van der Waals surface area contributed by atoms with Gasteiger partial charge in [-0.3, -0.25) is 9.59 Å². The highest BCUT2D eigenvalue weighted by atomic mass is 32.1. The van der Waals surface area contributed by atoms with Crippen LogP contribution in [-0.2, 0) is 17.9 Å². The monoisotopic (exact) mass is 407 g/mol. The molecule has 5 nitrogen and oxygen atoms in total. The van der Waals surface area contributed by atoms with Gasteiger partial charge >= 0.3 is 0 Å². The minimum absolute atomic E-state index is 0.0438. The van der Waals surface area contributed by atoms with Crippen LogP contribution in [0.25, 0.3) is 10.9 Å². The normalized spacial score (nSPS) is 22.2. The van der Waals surface area contributed by atoms with Crippen molar-refractivity contribution in [2.24, 2.45) is 0 Å². The maximum atomic E-state index is 13.6. The lowest BCUT2D eigenvalue weighted by Gasteiger charge is -2.44. The van der Waals surface area contributed by atoms with Crippen LogP contribution in [0.1, 0.15) is 48.0 Å². The Balaban J connectivity index is 1.57. The van der Waals surface area contributed by atoms with E-state index in [1.807, 2.05) is 59.3 Å². The SMILES string of the molecule is C[C@@]1(C(=O)NC2CCCC2)Cn2c(cc3ccccc32)C(=O)N1Cc1cccs1. The van der Waals surface area contributed by atoms with E-state index in [9.17, 15) is 9.59 Å². The molecule has 6 heteroatoms. The molecule has 0 bridgehead atoms. The molecule has 29 heavy (non-hydrogen) atoms. The first-order valence-electron chi connectivity index (χ1n) is 10.3. The number of rotatable bonds is 4. The molecule has 1 fully saturated rings. The van der Waals surface area contributed by atoms with Gasteiger partial charge in [0.15, 0.2) is 0 Å². The molecule has 3 heterocycles. The molecule has 2 amide bonds. The Morgan fingerprint density at radius 3 is 2.76 bits per heavy atom. The van der Waals surface area contributed by atoms with Crippen LogP contribution in [0.15, 0.2) is 47.8 Å². The Kier molecular flexibility index (Phi) is 4.46. The maximum absolute atomic E-state index is 13.6. The molecule has 1 aliphatic heterocycles. The number of thiophene rings is 1. The van der Waals surface area contributed by atoms with E-state index in [2.05, 4.69) is 5.32 Å². The summed E-state index contributed by atoms with van der Waals surface area (Å²) in [6.07, 6.45) is 4.37. The fourth-order valence-electron chi connectivity index (χ4n) is 4.72. The third-order valence-electron chi connectivity index (χ3n) is 6.41. The average Bonchev–Trinajstić information content (AvgIpc) is 3.47. The Labute approximate surface area is 174 Å². The lowest BCUT2D eigenvalue weighted by Crippen LogP contribution is -2.64. The number of aromatic nitrogens is 1. The highest BCUT2D eigenvalue weighted by Crippen LogP contribution is 2.34. The predicted molar refractivity (Wildman–Crippen MR) is 115 cm³/mol. The quantitative estimate of drug-likeness (QED) is 0.706. The number of amides is 2. The molecule has 150 valence electrons. The summed E-state index contributed by atoms with van der Waals surface area (Å²) in [6.45, 7) is 2.83. The van der Waals surface area contributed by atoms with Gasteiger partial charge in [-0.1, -0.05) is 37.1 Å². The van der Waals surface area contributed by atoms with E-state index in [-0.39, 0.29) is 17.9 Å². The van der Waals surface area contributed by atoms with Crippen molar-refractivity contribution in [3.05, 3.63) is 58.4 Å². The van der Waals surface area contributed by atoms with Crippen LogP contribution in [0.4, 0.5) is 0 Å². The number of hydrogen-bond donors (Lipinski definition) is 1. The van der Waals surface area contributed by atoms with Crippen molar-refractivity contribution >= 4 is 34.1 Å². The highest BCUT2D eigenvalue weighted by molar-refractivity contribution is 7.09. The summed E-state index contributed by atoms with van der Waals surface area (Å²) in [5.74, 6) is -0.123. The van der Waals surface area contributed by atoms with Gasteiger partial charge in [-0.2, -0.15) is 0 Å². The molecule has 0 saturated heterocycles. The van der Waals surface area contributed by atoms with E-state index in [1.54, 1.807) is 16.2 Å². The van der Waals surface area contributed by atoms with Crippen LogP contribution in [0.3, 0.4) is 0 Å². The van der Waals surface area contributed by atoms with Gasteiger partial charge in [0.25, 0.3) is 5.91 Å². The third-order valence-corrected chi connectivity index (χ3v) is 7.27. The van der Waals surface area contributed by atoms with E-state index < -0.39 is 5.54 Å². The number of carbonyl (C=O) groups is 2. The largest absolute Gasteiger partial charge is 0.351 e. The fourth-order valence-corrected chi connectivity index (χ4v) is 5.42. The van der Waals surface area contributed by atoms with Crippen molar-refractivity contribution in [3.63, 3.8) is 0 Å². The smallest absolute Gasteiger partial charge is 0.271 e. The first kappa shape index (κ1) is 18.4. The lowest BCUT2D eigenvalue weighted by molar-refractivity contribution is -0.133. The summed E-state index contributed by atoms with van der Waals surface area (Å²) in [4.78, 5) is 30.0. The molecule has 2 aliphatic rings. The molecule has 2 aromatic heterocycles. The molecule has 1 N–H and O–H groups in total. The summed E-state index contributed by atoms with van der Waals surface area (Å²) in [5.41, 5.74) is 0.735. The van der Waals surface area contributed by atoms with Crippen molar-refractivity contribution in [1.82, 2.24) is 14.8 Å². The Morgan fingerprint density at radius 2 is 2.00 bits per heavy atom. The van der Waals surface area contributed by atoms with Crippen molar-refractivity contribution in [3.8, 4) is 0 Å². The zero-order chi connectivity index (χ0) is 20.0. The summed E-state index contributed by atoms with van der Waals surface area (Å²) in [6, 6.07) is 14.2. The standard InChI is InChI=1S/C23H25N3O2S/c1-23(22(28)24-17-8-3-4-9-17)15-25-19-11-5-2-7-16(19)13-20(25)21(27)26(23)14-18-10-6-12-29-18/h2,5-7,10-13,17H,3-4,8-9,14-15H2,1H3,(H,24,28)/t23-/m0/s1. The van der Waals surface area contributed by atoms with Crippen LogP contribution >= 0.6 is 11.3 Å². The van der Waals surface area contributed by atoms with Gasteiger partial charge in [-0.05, 0) is 43.3 Å². The Morgan fingerprint density at radius 1 is 1.21 bits per heavy atom. The summed E-state index contributed by atoms with van der Waals surface area (Å²) >= 11 is 1.62. The molecule has 0 spiro atoms. The number of hydrogen-bond acceptors (Lipinski definition) is 3. The zero-order valence-corrected chi connectivity index (χ0v) is 17.4. The van der Waals surface area contributed by atoms with Crippen molar-refractivity contribution in [1.29, 1.82) is 0 Å². The van der Waals surface area contributed by atoms with Gasteiger partial charge in [0, 0.05) is 21.8 Å². The molecule has 3 aromatic rings. The van der Waals surface area contributed by atoms with Gasteiger partial charge in [0.1, 0.15) is 11.2 Å². The van der Waals surface area contributed by atoms with E-state index in [4.69, 9.17) is 0 Å². The highest BCUT2D eigenvalue weighted by Gasteiger charge is 2.48. The number of nitrogens with zero attached hydrogens (tertiary/aromatic N) is 2. The minimum Gasteiger partial charge on any atom is -0.351 e. The third kappa shape index (κ3) is 3.06. The number of nitrogens with one attached hydrogen (secondary N) is 1. The molecule has 1 atom stereocenters. The summed E-state index contributed by atoms with van der Waals surface area (Å²) in [7, 11) is 0. The van der Waals surface area contributed by atoms with E-state index in [1.165, 1.54) is 0 Å². The van der Waals surface area contributed by atoms with Crippen LogP contribution in [0.5, 0.6) is 0 Å². The molecule has 0 unspecified atom stereocenters. The Hall–Kier alpha value is -2.60. The van der Waals surface area contributed by atoms with Crippen LogP contribution < -0.4 is 5.32 Å². The maximum Gasteiger partial charge on any atom is 0.271 e. The molecular formula is C23H25N3O2S. The van der Waals surface area contributed by atoms with Crippen molar-refractivity contribution in [2.45, 2.75) is 57.3 Å². The number of fused-ring (bicyclic) bond motifs is 3. The van der Waals surface area contributed by atoms with E-state index >= 15 is 0 Å². The van der Waals surface area contributed by atoms with Gasteiger partial charge in [-0.25, -0.2) is 0 Å². The van der Waals surface area contributed by atoms with Gasteiger partial charge in [-0.15, -0.1) is 11.3 Å². The summed E-state index contributed by atoms with van der Waals surface area (Å²) < 4.78 is 2.02. The minimum atomic E-state index is -0.932. The average molecular weight is 408 g/mol. The van der Waals surface area contributed by atoms with Gasteiger partial charge in [0.05, 0.1) is 13.1 Å². The molecular weight excluding hydrogens is 382 g/mol. The predicted octanol–water partition coefficient (Wildman–Crippen LogP) is 4.18. The molecule has 1 aromatic carbocycles. The number of carbonyl (C=O) groups excluding carboxylic acids is 2. The summed E-state index contributed by atoms with van der Waals surface area (Å²) in [5, 5.41) is 6.29. The number of para-hydroxylation sites is 1. The second-order valence-electron chi connectivity index (χ2n) is 8.37. The zero-order valence-electron chi connectivity index (χ0n) is 16.6. The molecule has 0 radical (unpaired) electrons.